The Labute approximate surface area is 249 Å². The number of nitrogens with zero attached hydrogens (tertiary/aromatic N) is 6. The average molecular weight is 597 g/mol. The summed E-state index contributed by atoms with van der Waals surface area (Å²) >= 11 is 6.40. The van der Waals surface area contributed by atoms with Crippen LogP contribution >= 0.6 is 11.6 Å². The van der Waals surface area contributed by atoms with Gasteiger partial charge < -0.3 is 23.9 Å². The second-order valence-corrected chi connectivity index (χ2v) is 12.3. The Morgan fingerprint density at radius 1 is 1.10 bits per heavy atom. The first-order valence-electron chi connectivity index (χ1n) is 14.6. The molecule has 1 aliphatic carbocycles. The molecule has 2 aliphatic heterocycles. The van der Waals surface area contributed by atoms with Crippen LogP contribution in [0.15, 0.2) is 24.5 Å². The molecule has 3 aliphatic rings. The minimum absolute atomic E-state index is 0.0114. The molecule has 2 saturated heterocycles. The van der Waals surface area contributed by atoms with Crippen molar-refractivity contribution < 1.29 is 19.2 Å². The zero-order chi connectivity index (χ0) is 29.5. The van der Waals surface area contributed by atoms with E-state index >= 15 is 0 Å². The number of hydrogen-bond donors (Lipinski definition) is 2. The van der Waals surface area contributed by atoms with Crippen molar-refractivity contribution in [2.45, 2.75) is 71.2 Å². The number of ether oxygens (including phenoxy) is 1. The van der Waals surface area contributed by atoms with Crippen LogP contribution in [0.4, 0.5) is 15.5 Å². The molecular weight excluding hydrogens is 560 g/mol. The van der Waals surface area contributed by atoms with Gasteiger partial charge in [-0.1, -0.05) is 31.4 Å². The van der Waals surface area contributed by atoms with Gasteiger partial charge in [-0.3, -0.25) is 10.3 Å². The van der Waals surface area contributed by atoms with Crippen molar-refractivity contribution in [1.82, 2.24) is 35.2 Å². The van der Waals surface area contributed by atoms with E-state index in [-0.39, 0.29) is 18.2 Å². The zero-order valence-corrected chi connectivity index (χ0v) is 25.1. The lowest BCUT2D eigenvalue weighted by molar-refractivity contribution is 0.108. The molecule has 13 heteroatoms. The van der Waals surface area contributed by atoms with Crippen LogP contribution in [0.2, 0.25) is 5.02 Å². The van der Waals surface area contributed by atoms with Crippen LogP contribution in [0.1, 0.15) is 58.3 Å². The summed E-state index contributed by atoms with van der Waals surface area (Å²) in [5, 5.41) is 3.24. The van der Waals surface area contributed by atoms with Crippen molar-refractivity contribution in [2.75, 3.05) is 25.1 Å². The Hall–Kier alpha value is -3.64. The summed E-state index contributed by atoms with van der Waals surface area (Å²) in [6.07, 6.45) is 6.52. The second-order valence-electron chi connectivity index (χ2n) is 11.9. The highest BCUT2D eigenvalue weighted by molar-refractivity contribution is 6.30. The normalized spacial score (nSPS) is 26.3. The molecule has 2 amide bonds. The molecule has 3 aromatic heterocycles. The van der Waals surface area contributed by atoms with Gasteiger partial charge in [-0.25, -0.2) is 19.6 Å². The van der Waals surface area contributed by atoms with Gasteiger partial charge >= 0.3 is 12.2 Å². The van der Waals surface area contributed by atoms with Crippen molar-refractivity contribution in [3.63, 3.8) is 0 Å². The molecule has 2 N–H and O–H groups in total. The fourth-order valence-electron chi connectivity index (χ4n) is 6.61. The van der Waals surface area contributed by atoms with Gasteiger partial charge in [0.1, 0.15) is 0 Å². The first-order chi connectivity index (χ1) is 20.2. The van der Waals surface area contributed by atoms with Crippen LogP contribution in [0.3, 0.4) is 0 Å². The van der Waals surface area contributed by atoms with Crippen LogP contribution in [0.25, 0.3) is 22.3 Å². The molecule has 0 aromatic carbocycles. The smallest absolute Gasteiger partial charge is 0.427 e. The molecule has 224 valence electrons. The highest BCUT2D eigenvalue weighted by atomic mass is 35.5. The van der Waals surface area contributed by atoms with Crippen LogP contribution < -0.4 is 15.7 Å². The molecule has 0 radical (unpaired) electrons. The fraction of sp³-hybridized carbons (Fsp3) is 0.552. The Morgan fingerprint density at radius 3 is 2.48 bits per heavy atom. The first-order valence-corrected chi connectivity index (χ1v) is 15.0. The molecule has 0 spiro atoms. The maximum atomic E-state index is 12.4. The number of aromatic nitrogens is 4. The maximum absolute atomic E-state index is 12.4. The summed E-state index contributed by atoms with van der Waals surface area (Å²) in [7, 11) is 1.41. The number of fused-ring (bicyclic) bond motifs is 1. The quantitative estimate of drug-likeness (QED) is 0.423. The first kappa shape index (κ1) is 28.5. The molecule has 3 atom stereocenters. The van der Waals surface area contributed by atoms with E-state index in [1.165, 1.54) is 20.0 Å². The van der Waals surface area contributed by atoms with Crippen LogP contribution in [-0.2, 0) is 16.1 Å². The number of pyridine rings is 2. The Kier molecular flexibility index (Phi) is 7.84. The van der Waals surface area contributed by atoms with Gasteiger partial charge in [0.15, 0.2) is 6.17 Å². The zero-order valence-electron chi connectivity index (χ0n) is 24.3. The third kappa shape index (κ3) is 5.45. The molecule has 0 bridgehead atoms. The molecule has 42 heavy (non-hydrogen) atoms. The predicted octanol–water partition coefficient (Wildman–Crippen LogP) is 4.88. The van der Waals surface area contributed by atoms with E-state index in [0.29, 0.717) is 35.4 Å². The number of hydrogen-bond acceptors (Lipinski definition) is 9. The van der Waals surface area contributed by atoms with Gasteiger partial charge in [0.05, 0.1) is 34.6 Å². The number of methoxy groups -OCH3 is 1. The molecule has 12 nitrogen and oxygen atoms in total. The molecule has 3 fully saturated rings. The lowest BCUT2D eigenvalue weighted by Gasteiger charge is -2.44. The van der Waals surface area contributed by atoms with Crippen molar-refractivity contribution in [1.29, 1.82) is 0 Å². The van der Waals surface area contributed by atoms with Crippen LogP contribution in [-0.4, -0.2) is 68.9 Å². The number of carbonyl (C=O) groups is 2. The molecule has 5 heterocycles. The lowest BCUT2D eigenvalue weighted by Crippen LogP contribution is -2.59. The summed E-state index contributed by atoms with van der Waals surface area (Å²) in [6.45, 7) is 8.37. The van der Waals surface area contributed by atoms with E-state index in [9.17, 15) is 9.59 Å². The second kappa shape index (κ2) is 11.6. The van der Waals surface area contributed by atoms with Gasteiger partial charge in [-0.15, -0.1) is 5.48 Å². The monoisotopic (exact) mass is 596 g/mol. The summed E-state index contributed by atoms with van der Waals surface area (Å²) in [4.78, 5) is 47.9. The lowest BCUT2D eigenvalue weighted by atomic mass is 9.83. The van der Waals surface area contributed by atoms with Gasteiger partial charge in [-0.05, 0) is 50.7 Å². The average Bonchev–Trinajstić information content (AvgIpc) is 3.56. The minimum Gasteiger partial charge on any atom is -0.453 e. The number of anilines is 1. The van der Waals surface area contributed by atoms with Crippen molar-refractivity contribution in [2.24, 2.45) is 11.8 Å². The Balaban J connectivity index is 1.52. The maximum Gasteiger partial charge on any atom is 0.427 e. The molecular formula is C29H37ClN8O4. The number of rotatable bonds is 5. The van der Waals surface area contributed by atoms with E-state index in [4.69, 9.17) is 31.1 Å². The fourth-order valence-corrected chi connectivity index (χ4v) is 6.79. The highest BCUT2D eigenvalue weighted by Gasteiger charge is 2.37. The third-order valence-electron chi connectivity index (χ3n) is 8.69. The van der Waals surface area contributed by atoms with Crippen LogP contribution in [0.5, 0.6) is 0 Å². The summed E-state index contributed by atoms with van der Waals surface area (Å²) in [5.41, 5.74) is 6.32. The van der Waals surface area contributed by atoms with Crippen molar-refractivity contribution >= 4 is 40.8 Å². The molecule has 1 unspecified atom stereocenters. The number of piperazine rings is 1. The number of nitrogens with one attached hydrogen (secondary N) is 2. The van der Waals surface area contributed by atoms with E-state index in [1.807, 2.05) is 12.1 Å². The molecule has 6 rings (SSSR count). The third-order valence-corrected chi connectivity index (χ3v) is 8.90. The summed E-state index contributed by atoms with van der Waals surface area (Å²) in [5.74, 6) is 2.07. The van der Waals surface area contributed by atoms with E-state index < -0.39 is 12.3 Å². The van der Waals surface area contributed by atoms with Gasteiger partial charge in [0.25, 0.3) is 0 Å². The van der Waals surface area contributed by atoms with Crippen LogP contribution in [0, 0.1) is 11.8 Å². The van der Waals surface area contributed by atoms with Gasteiger partial charge in [-0.2, -0.15) is 0 Å². The standard InChI is InChI=1S/C29H37ClN8O4/c1-16-5-7-19(8-6-16)15-37-25-22(33-27(37)38-17(2)13-36(14-18(38)3)29(40)41-4)10-23(26-34-28(39)42-35-26)32-24(25)20-9-21(30)12-31-11-20/h9-12,16-19,26,35H,5-8,13-15H2,1-4H3,(H,34,39)/t16?,17-,18-,19?,26?/m1/s1. The predicted molar refractivity (Wildman–Crippen MR) is 158 cm³/mol. The van der Waals surface area contributed by atoms with Crippen molar-refractivity contribution in [3.8, 4) is 11.3 Å². The van der Waals surface area contributed by atoms with E-state index in [2.05, 4.69) is 46.0 Å². The van der Waals surface area contributed by atoms with Gasteiger partial charge in [0.2, 0.25) is 5.95 Å². The summed E-state index contributed by atoms with van der Waals surface area (Å²) < 4.78 is 7.34. The largest absolute Gasteiger partial charge is 0.453 e. The topological polar surface area (TPSA) is 127 Å². The molecule has 3 aromatic rings. The number of imidazole rings is 1. The van der Waals surface area contributed by atoms with Gasteiger partial charge in [0, 0.05) is 49.7 Å². The van der Waals surface area contributed by atoms with E-state index in [0.717, 1.165) is 47.8 Å². The van der Waals surface area contributed by atoms with E-state index in [1.54, 1.807) is 17.3 Å². The summed E-state index contributed by atoms with van der Waals surface area (Å²) in [6, 6.07) is 3.72. The number of carbonyl (C=O) groups excluding carboxylic acids is 2. The van der Waals surface area contributed by atoms with Crippen molar-refractivity contribution in [3.05, 3.63) is 35.2 Å². The highest BCUT2D eigenvalue weighted by Crippen LogP contribution is 2.38. The molecule has 1 saturated carbocycles. The number of amides is 2. The number of halogens is 1. The minimum atomic E-state index is -0.636. The Bertz CT molecular complexity index is 1480. The Morgan fingerprint density at radius 2 is 1.83 bits per heavy atom. The SMILES string of the molecule is COC(=O)N1C[C@@H](C)N(c2nc3cc(C4NOC(=O)N4)nc(-c4cncc(Cl)c4)c3n2CC2CCC(C)CC2)[C@H](C)C1. The number of hydroxylamine groups is 1.